The van der Waals surface area contributed by atoms with Crippen LogP contribution in [0.3, 0.4) is 0 Å². The molecule has 1 aromatic carbocycles. The van der Waals surface area contributed by atoms with Gasteiger partial charge in [-0.05, 0) is 45.4 Å². The van der Waals surface area contributed by atoms with E-state index in [1.165, 1.54) is 12.1 Å². The average Bonchev–Trinajstić information content (AvgIpc) is 2.24. The number of ether oxygens (including phenoxy) is 1. The Kier molecular flexibility index (Phi) is 5.23. The third-order valence-corrected chi connectivity index (χ3v) is 2.75. The Labute approximate surface area is 107 Å². The number of rotatable bonds is 6. The summed E-state index contributed by atoms with van der Waals surface area (Å²) in [6, 6.07) is 3.43. The van der Waals surface area contributed by atoms with Crippen LogP contribution in [-0.4, -0.2) is 18.8 Å². The van der Waals surface area contributed by atoms with Crippen LogP contribution in [0, 0.1) is 11.6 Å². The summed E-state index contributed by atoms with van der Waals surface area (Å²) in [7, 11) is 0. The number of nitrogens with one attached hydrogen (secondary N) is 1. The predicted molar refractivity (Wildman–Crippen MR) is 68.5 cm³/mol. The van der Waals surface area contributed by atoms with Gasteiger partial charge in [-0.3, -0.25) is 0 Å². The van der Waals surface area contributed by atoms with Gasteiger partial charge in [0.1, 0.15) is 11.6 Å². The van der Waals surface area contributed by atoms with Gasteiger partial charge in [0, 0.05) is 25.3 Å². The number of hydrogen-bond acceptors (Lipinski definition) is 2. The molecule has 0 aliphatic carbocycles. The Morgan fingerprint density at radius 3 is 2.28 bits per heavy atom. The molecule has 0 saturated heterocycles. The standard InChI is InChI=1S/C14H21F2NO/c1-5-18-14(3,4)9-17-10(2)11-6-12(15)8-13(16)7-11/h6-8,10,17H,5,9H2,1-4H3. The Bertz CT molecular complexity index is 373. The lowest BCUT2D eigenvalue weighted by molar-refractivity contribution is -0.0103. The van der Waals surface area contributed by atoms with Crippen molar-refractivity contribution in [2.75, 3.05) is 13.2 Å². The monoisotopic (exact) mass is 257 g/mol. The van der Waals surface area contributed by atoms with Crippen molar-refractivity contribution in [2.45, 2.75) is 39.3 Å². The van der Waals surface area contributed by atoms with Gasteiger partial charge in [-0.1, -0.05) is 0 Å². The van der Waals surface area contributed by atoms with E-state index in [-0.39, 0.29) is 11.6 Å². The van der Waals surface area contributed by atoms with E-state index >= 15 is 0 Å². The van der Waals surface area contributed by atoms with Gasteiger partial charge in [-0.15, -0.1) is 0 Å². The topological polar surface area (TPSA) is 21.3 Å². The first-order valence-electron chi connectivity index (χ1n) is 6.17. The van der Waals surface area contributed by atoms with Crippen molar-refractivity contribution in [3.63, 3.8) is 0 Å². The third kappa shape index (κ3) is 4.70. The van der Waals surface area contributed by atoms with Crippen LogP contribution in [0.2, 0.25) is 0 Å². The smallest absolute Gasteiger partial charge is 0.126 e. The van der Waals surface area contributed by atoms with Crippen molar-refractivity contribution in [2.24, 2.45) is 0 Å². The molecule has 0 aliphatic heterocycles. The molecule has 1 N–H and O–H groups in total. The highest BCUT2D eigenvalue weighted by Crippen LogP contribution is 2.17. The summed E-state index contributed by atoms with van der Waals surface area (Å²) in [6.07, 6.45) is 0. The molecule has 0 radical (unpaired) electrons. The molecule has 0 aromatic heterocycles. The van der Waals surface area contributed by atoms with Crippen LogP contribution in [-0.2, 0) is 4.74 Å². The minimum atomic E-state index is -0.553. The second kappa shape index (κ2) is 6.25. The summed E-state index contributed by atoms with van der Waals surface area (Å²) in [5.74, 6) is -1.11. The molecule has 4 heteroatoms. The molecule has 18 heavy (non-hydrogen) atoms. The fourth-order valence-electron chi connectivity index (χ4n) is 1.78. The lowest BCUT2D eigenvalue weighted by Crippen LogP contribution is -2.38. The molecular formula is C14H21F2NO. The zero-order chi connectivity index (χ0) is 13.8. The zero-order valence-electron chi connectivity index (χ0n) is 11.4. The summed E-state index contributed by atoms with van der Waals surface area (Å²) in [5.41, 5.74) is 0.300. The van der Waals surface area contributed by atoms with Crippen molar-refractivity contribution in [1.82, 2.24) is 5.32 Å². The van der Waals surface area contributed by atoms with Gasteiger partial charge >= 0.3 is 0 Å². The molecule has 0 saturated carbocycles. The molecule has 1 atom stereocenters. The summed E-state index contributed by atoms with van der Waals surface area (Å²) in [4.78, 5) is 0. The SMILES string of the molecule is CCOC(C)(C)CNC(C)c1cc(F)cc(F)c1. The molecule has 1 aromatic rings. The van der Waals surface area contributed by atoms with E-state index in [0.29, 0.717) is 18.7 Å². The van der Waals surface area contributed by atoms with Gasteiger partial charge in [0.25, 0.3) is 0 Å². The largest absolute Gasteiger partial charge is 0.375 e. The second-order valence-electron chi connectivity index (χ2n) is 5.00. The lowest BCUT2D eigenvalue weighted by atomic mass is 10.1. The van der Waals surface area contributed by atoms with Gasteiger partial charge in [-0.2, -0.15) is 0 Å². The van der Waals surface area contributed by atoms with Crippen molar-refractivity contribution in [3.8, 4) is 0 Å². The highest BCUT2D eigenvalue weighted by atomic mass is 19.1. The highest BCUT2D eigenvalue weighted by Gasteiger charge is 2.19. The van der Waals surface area contributed by atoms with Crippen LogP contribution in [0.4, 0.5) is 8.78 Å². The molecule has 0 aliphatic rings. The Hall–Kier alpha value is -1.00. The Morgan fingerprint density at radius 1 is 1.22 bits per heavy atom. The maximum absolute atomic E-state index is 13.1. The quantitative estimate of drug-likeness (QED) is 0.843. The molecule has 0 amide bonds. The molecule has 1 rings (SSSR count). The molecule has 0 heterocycles. The van der Waals surface area contributed by atoms with E-state index in [4.69, 9.17) is 4.74 Å². The molecule has 1 unspecified atom stereocenters. The first-order valence-corrected chi connectivity index (χ1v) is 6.17. The second-order valence-corrected chi connectivity index (χ2v) is 5.00. The first-order chi connectivity index (χ1) is 8.34. The maximum atomic E-state index is 13.1. The van der Waals surface area contributed by atoms with Crippen LogP contribution in [0.15, 0.2) is 18.2 Å². The van der Waals surface area contributed by atoms with E-state index in [1.807, 2.05) is 27.7 Å². The van der Waals surface area contributed by atoms with Crippen molar-refractivity contribution in [1.29, 1.82) is 0 Å². The molecular weight excluding hydrogens is 236 g/mol. The van der Waals surface area contributed by atoms with Crippen molar-refractivity contribution < 1.29 is 13.5 Å². The summed E-state index contributed by atoms with van der Waals surface area (Å²) in [6.45, 7) is 9.01. The van der Waals surface area contributed by atoms with E-state index in [1.54, 1.807) is 0 Å². The number of hydrogen-bond donors (Lipinski definition) is 1. The fraction of sp³-hybridized carbons (Fsp3) is 0.571. The van der Waals surface area contributed by atoms with E-state index in [9.17, 15) is 8.78 Å². The molecule has 0 bridgehead atoms. The Morgan fingerprint density at radius 2 is 1.78 bits per heavy atom. The molecule has 2 nitrogen and oxygen atoms in total. The molecule has 102 valence electrons. The van der Waals surface area contributed by atoms with Gasteiger partial charge in [-0.25, -0.2) is 8.78 Å². The normalized spacial score (nSPS) is 13.7. The summed E-state index contributed by atoms with van der Waals surface area (Å²) < 4.78 is 31.7. The maximum Gasteiger partial charge on any atom is 0.126 e. The van der Waals surface area contributed by atoms with Gasteiger partial charge in [0.2, 0.25) is 0 Å². The summed E-state index contributed by atoms with van der Waals surface area (Å²) >= 11 is 0. The van der Waals surface area contributed by atoms with Crippen molar-refractivity contribution in [3.05, 3.63) is 35.4 Å². The number of benzene rings is 1. The van der Waals surface area contributed by atoms with Gasteiger partial charge < -0.3 is 10.1 Å². The van der Waals surface area contributed by atoms with Gasteiger partial charge in [0.15, 0.2) is 0 Å². The molecule has 0 fully saturated rings. The number of halogens is 2. The molecule has 0 spiro atoms. The van der Waals surface area contributed by atoms with Crippen molar-refractivity contribution >= 4 is 0 Å². The predicted octanol–water partition coefficient (Wildman–Crippen LogP) is 3.43. The van der Waals surface area contributed by atoms with Crippen LogP contribution in [0.5, 0.6) is 0 Å². The van der Waals surface area contributed by atoms with E-state index in [0.717, 1.165) is 6.07 Å². The van der Waals surface area contributed by atoms with Crippen LogP contribution >= 0.6 is 0 Å². The fourth-order valence-corrected chi connectivity index (χ4v) is 1.78. The minimum Gasteiger partial charge on any atom is -0.375 e. The highest BCUT2D eigenvalue weighted by molar-refractivity contribution is 5.20. The Balaban J connectivity index is 2.62. The van der Waals surface area contributed by atoms with Gasteiger partial charge in [0.05, 0.1) is 5.60 Å². The average molecular weight is 257 g/mol. The van der Waals surface area contributed by atoms with E-state index in [2.05, 4.69) is 5.32 Å². The lowest BCUT2D eigenvalue weighted by Gasteiger charge is -2.27. The zero-order valence-corrected chi connectivity index (χ0v) is 11.4. The first kappa shape index (κ1) is 15.1. The van der Waals surface area contributed by atoms with Crippen LogP contribution in [0.25, 0.3) is 0 Å². The summed E-state index contributed by atoms with van der Waals surface area (Å²) in [5, 5.41) is 3.22. The van der Waals surface area contributed by atoms with E-state index < -0.39 is 11.6 Å². The third-order valence-electron chi connectivity index (χ3n) is 2.75. The van der Waals surface area contributed by atoms with Crippen LogP contribution < -0.4 is 5.32 Å². The minimum absolute atomic E-state index is 0.130. The van der Waals surface area contributed by atoms with Crippen LogP contribution in [0.1, 0.15) is 39.3 Å².